The lowest BCUT2D eigenvalue weighted by Gasteiger charge is -2.25. The molecule has 2 rings (SSSR count). The van der Waals surface area contributed by atoms with Gasteiger partial charge in [0.15, 0.2) is 11.5 Å². The summed E-state index contributed by atoms with van der Waals surface area (Å²) in [5, 5.41) is 3.24. The molecule has 0 heterocycles. The van der Waals surface area contributed by atoms with E-state index in [0.29, 0.717) is 29.5 Å². The van der Waals surface area contributed by atoms with Crippen LogP contribution in [0.25, 0.3) is 0 Å². The Morgan fingerprint density at radius 1 is 1.29 bits per heavy atom. The Morgan fingerprint density at radius 2 is 2.05 bits per heavy atom. The van der Waals surface area contributed by atoms with Gasteiger partial charge in [0.1, 0.15) is 0 Å². The third-order valence-electron chi connectivity index (χ3n) is 3.92. The van der Waals surface area contributed by atoms with E-state index < -0.39 is 0 Å². The molecule has 1 amide bonds. The first-order valence-corrected chi connectivity index (χ1v) is 7.72. The topological polar surface area (TPSA) is 47.6 Å². The number of benzene rings is 1. The molecule has 1 aromatic carbocycles. The number of carbonyl (C=O) groups is 1. The van der Waals surface area contributed by atoms with Crippen LogP contribution in [-0.2, 0) is 0 Å². The van der Waals surface area contributed by atoms with Crippen LogP contribution in [0.5, 0.6) is 11.5 Å². The summed E-state index contributed by atoms with van der Waals surface area (Å²) in [6.45, 7) is 0.677. The largest absolute Gasteiger partial charge is 0.493 e. The predicted molar refractivity (Wildman–Crippen MR) is 83.5 cm³/mol. The number of hydrogen-bond acceptors (Lipinski definition) is 3. The van der Waals surface area contributed by atoms with E-state index in [2.05, 4.69) is 5.32 Å². The van der Waals surface area contributed by atoms with Gasteiger partial charge in [-0.25, -0.2) is 0 Å². The second-order valence-corrected chi connectivity index (χ2v) is 6.03. The molecule has 1 aliphatic carbocycles. The number of alkyl halides is 1. The van der Waals surface area contributed by atoms with Crippen LogP contribution in [0.2, 0.25) is 0 Å². The van der Waals surface area contributed by atoms with Gasteiger partial charge in [-0.15, -0.1) is 11.6 Å². The number of amides is 1. The highest BCUT2D eigenvalue weighted by atomic mass is 35.5. The molecular formula is C16H22ClNO3. The molecule has 2 unspecified atom stereocenters. The molecule has 1 saturated carbocycles. The molecule has 0 aromatic heterocycles. The first-order valence-electron chi connectivity index (χ1n) is 7.28. The second-order valence-electron chi connectivity index (χ2n) is 5.41. The molecule has 0 saturated heterocycles. The highest BCUT2D eigenvalue weighted by Gasteiger charge is 2.21. The van der Waals surface area contributed by atoms with Crippen molar-refractivity contribution >= 4 is 17.5 Å². The maximum Gasteiger partial charge on any atom is 0.251 e. The smallest absolute Gasteiger partial charge is 0.251 e. The quantitative estimate of drug-likeness (QED) is 0.849. The monoisotopic (exact) mass is 311 g/mol. The van der Waals surface area contributed by atoms with E-state index in [0.717, 1.165) is 25.7 Å². The molecule has 1 aromatic rings. The van der Waals surface area contributed by atoms with Crippen molar-refractivity contribution in [1.29, 1.82) is 0 Å². The van der Waals surface area contributed by atoms with Gasteiger partial charge in [-0.3, -0.25) is 4.79 Å². The van der Waals surface area contributed by atoms with Crippen LogP contribution < -0.4 is 14.8 Å². The summed E-state index contributed by atoms with van der Waals surface area (Å²) < 4.78 is 10.4. The minimum absolute atomic E-state index is 0.0901. The van der Waals surface area contributed by atoms with Gasteiger partial charge in [-0.1, -0.05) is 6.42 Å². The Kier molecular flexibility index (Phi) is 5.74. The lowest BCUT2D eigenvalue weighted by molar-refractivity contribution is 0.0943. The number of ether oxygens (including phenoxy) is 2. The van der Waals surface area contributed by atoms with Crippen LogP contribution in [-0.4, -0.2) is 32.0 Å². The van der Waals surface area contributed by atoms with Crippen molar-refractivity contribution < 1.29 is 14.3 Å². The Morgan fingerprint density at radius 3 is 2.71 bits per heavy atom. The fourth-order valence-electron chi connectivity index (χ4n) is 2.73. The molecule has 0 bridgehead atoms. The third-order valence-corrected chi connectivity index (χ3v) is 4.31. The Hall–Kier alpha value is -1.42. The first-order chi connectivity index (χ1) is 10.1. The van der Waals surface area contributed by atoms with Gasteiger partial charge in [0, 0.05) is 17.5 Å². The van der Waals surface area contributed by atoms with Crippen molar-refractivity contribution in [2.24, 2.45) is 5.92 Å². The van der Waals surface area contributed by atoms with Crippen LogP contribution >= 0.6 is 11.6 Å². The summed E-state index contributed by atoms with van der Waals surface area (Å²) in [5.41, 5.74) is 0.575. The number of halogens is 1. The highest BCUT2D eigenvalue weighted by molar-refractivity contribution is 6.20. The standard InChI is InChI=1S/C16H22ClNO3/c1-20-14-7-6-12(9-15(14)21-2)16(19)18-10-11-4-3-5-13(17)8-11/h6-7,9,11,13H,3-5,8,10H2,1-2H3,(H,18,19). The fraction of sp³-hybridized carbons (Fsp3) is 0.562. The maximum absolute atomic E-state index is 12.2. The van der Waals surface area contributed by atoms with Crippen LogP contribution in [0, 0.1) is 5.92 Å². The molecule has 21 heavy (non-hydrogen) atoms. The molecular weight excluding hydrogens is 290 g/mol. The predicted octanol–water partition coefficient (Wildman–Crippen LogP) is 3.23. The average molecular weight is 312 g/mol. The minimum atomic E-state index is -0.0901. The molecule has 4 nitrogen and oxygen atoms in total. The van der Waals surface area contributed by atoms with Gasteiger partial charge >= 0.3 is 0 Å². The molecule has 1 aliphatic rings. The number of nitrogens with one attached hydrogen (secondary N) is 1. The molecule has 1 N–H and O–H groups in total. The molecule has 2 atom stereocenters. The van der Waals surface area contributed by atoms with Crippen LogP contribution in [0.1, 0.15) is 36.0 Å². The van der Waals surface area contributed by atoms with E-state index in [1.807, 2.05) is 0 Å². The zero-order chi connectivity index (χ0) is 15.2. The lowest BCUT2D eigenvalue weighted by Crippen LogP contribution is -2.32. The molecule has 5 heteroatoms. The molecule has 0 aliphatic heterocycles. The lowest BCUT2D eigenvalue weighted by atomic mass is 9.89. The van der Waals surface area contributed by atoms with Crippen LogP contribution in [0.4, 0.5) is 0 Å². The fourth-order valence-corrected chi connectivity index (χ4v) is 3.13. The van der Waals surface area contributed by atoms with E-state index >= 15 is 0 Å². The number of methoxy groups -OCH3 is 2. The number of hydrogen-bond donors (Lipinski definition) is 1. The summed E-state index contributed by atoms with van der Waals surface area (Å²) in [7, 11) is 3.13. The molecule has 0 spiro atoms. The van der Waals surface area contributed by atoms with Crippen molar-refractivity contribution in [2.75, 3.05) is 20.8 Å². The van der Waals surface area contributed by atoms with Gasteiger partial charge < -0.3 is 14.8 Å². The van der Waals surface area contributed by atoms with Gasteiger partial charge in [0.05, 0.1) is 14.2 Å². The van der Waals surface area contributed by atoms with E-state index in [1.54, 1.807) is 32.4 Å². The van der Waals surface area contributed by atoms with Crippen LogP contribution in [0.3, 0.4) is 0 Å². The van der Waals surface area contributed by atoms with Crippen molar-refractivity contribution in [3.63, 3.8) is 0 Å². The van der Waals surface area contributed by atoms with Crippen LogP contribution in [0.15, 0.2) is 18.2 Å². The van der Waals surface area contributed by atoms with Crippen molar-refractivity contribution in [3.8, 4) is 11.5 Å². The highest BCUT2D eigenvalue weighted by Crippen LogP contribution is 2.28. The summed E-state index contributed by atoms with van der Waals surface area (Å²) in [6, 6.07) is 5.17. The Balaban J connectivity index is 1.93. The second kappa shape index (κ2) is 7.55. The minimum Gasteiger partial charge on any atom is -0.493 e. The van der Waals surface area contributed by atoms with E-state index in [-0.39, 0.29) is 11.3 Å². The van der Waals surface area contributed by atoms with Gasteiger partial charge in [0.25, 0.3) is 5.91 Å². The van der Waals surface area contributed by atoms with Crippen molar-refractivity contribution in [1.82, 2.24) is 5.32 Å². The van der Waals surface area contributed by atoms with E-state index in [1.165, 1.54) is 0 Å². The number of carbonyl (C=O) groups excluding carboxylic acids is 1. The Labute approximate surface area is 130 Å². The molecule has 116 valence electrons. The number of rotatable bonds is 5. The molecule has 0 radical (unpaired) electrons. The zero-order valence-corrected chi connectivity index (χ0v) is 13.3. The molecule has 1 fully saturated rings. The van der Waals surface area contributed by atoms with Gasteiger partial charge in [-0.05, 0) is 43.4 Å². The summed E-state index contributed by atoms with van der Waals surface area (Å²) in [5.74, 6) is 1.56. The van der Waals surface area contributed by atoms with Gasteiger partial charge in [0.2, 0.25) is 0 Å². The summed E-state index contributed by atoms with van der Waals surface area (Å²) in [6.07, 6.45) is 4.34. The van der Waals surface area contributed by atoms with E-state index in [9.17, 15) is 4.79 Å². The SMILES string of the molecule is COc1ccc(C(=O)NCC2CCCC(Cl)C2)cc1OC. The normalized spacial score (nSPS) is 21.7. The van der Waals surface area contributed by atoms with E-state index in [4.69, 9.17) is 21.1 Å². The maximum atomic E-state index is 12.2. The average Bonchev–Trinajstić information content (AvgIpc) is 2.52. The summed E-state index contributed by atoms with van der Waals surface area (Å²) in [4.78, 5) is 12.2. The zero-order valence-electron chi connectivity index (χ0n) is 12.5. The first kappa shape index (κ1) is 16.0. The summed E-state index contributed by atoms with van der Waals surface area (Å²) >= 11 is 6.17. The van der Waals surface area contributed by atoms with Crippen molar-refractivity contribution in [2.45, 2.75) is 31.1 Å². The van der Waals surface area contributed by atoms with Gasteiger partial charge in [-0.2, -0.15) is 0 Å². The van der Waals surface area contributed by atoms with Crippen molar-refractivity contribution in [3.05, 3.63) is 23.8 Å². The third kappa shape index (κ3) is 4.27. The Bertz CT molecular complexity index is 492.